The van der Waals surface area contributed by atoms with Crippen LogP contribution in [-0.2, 0) is 18.4 Å². The number of carbonyl (C=O) groups excluding carboxylic acids is 1. The highest BCUT2D eigenvalue weighted by atomic mass is 32.1. The Morgan fingerprint density at radius 2 is 2.11 bits per heavy atom. The fourth-order valence-electron chi connectivity index (χ4n) is 1.35. The summed E-state index contributed by atoms with van der Waals surface area (Å²) in [6.07, 6.45) is -0.630. The summed E-state index contributed by atoms with van der Waals surface area (Å²) in [5.74, 6) is 0. The molecule has 0 fully saturated rings. The Labute approximate surface area is 108 Å². The van der Waals surface area contributed by atoms with Crippen molar-refractivity contribution in [2.45, 2.75) is 6.61 Å². The second kappa shape index (κ2) is 5.50. The molecular weight excluding hydrogens is 252 g/mol. The predicted octanol–water partition coefficient (Wildman–Crippen LogP) is 2.20. The number of anilines is 1. The van der Waals surface area contributed by atoms with Crippen LogP contribution in [0.3, 0.4) is 0 Å². The van der Waals surface area contributed by atoms with Gasteiger partial charge in [-0.15, -0.1) is 0 Å². The molecule has 0 aliphatic rings. The minimum absolute atomic E-state index is 0.178. The molecule has 0 saturated heterocycles. The van der Waals surface area contributed by atoms with Crippen LogP contribution >= 0.6 is 11.5 Å². The topological polar surface area (TPSA) is 60.3 Å². The summed E-state index contributed by atoms with van der Waals surface area (Å²) in [7, 11) is 1.63. The molecule has 18 heavy (non-hydrogen) atoms. The van der Waals surface area contributed by atoms with Crippen molar-refractivity contribution >= 4 is 23.3 Å². The standard InChI is InChI=1S/C12H12N2O3S/c1-14-11(15)10(8-18-14)13-12(16)17-7-9-5-3-2-4-6-9/h2-6,8H,7H2,1H3,(H,13,16). The van der Waals surface area contributed by atoms with Gasteiger partial charge in [-0.3, -0.25) is 14.1 Å². The largest absolute Gasteiger partial charge is 0.444 e. The van der Waals surface area contributed by atoms with Crippen molar-refractivity contribution in [1.82, 2.24) is 3.96 Å². The Morgan fingerprint density at radius 3 is 2.72 bits per heavy atom. The molecule has 0 radical (unpaired) electrons. The number of aryl methyl sites for hydroxylation is 1. The van der Waals surface area contributed by atoms with Gasteiger partial charge in [-0.05, 0) is 5.56 Å². The van der Waals surface area contributed by atoms with E-state index in [4.69, 9.17) is 4.74 Å². The fraction of sp³-hybridized carbons (Fsp3) is 0.167. The Kier molecular flexibility index (Phi) is 3.78. The number of nitrogens with zero attached hydrogens (tertiary/aromatic N) is 1. The van der Waals surface area contributed by atoms with Crippen LogP contribution in [0, 0.1) is 0 Å². The Hall–Kier alpha value is -2.08. The summed E-state index contributed by atoms with van der Waals surface area (Å²) < 4.78 is 6.43. The monoisotopic (exact) mass is 264 g/mol. The first-order chi connectivity index (χ1) is 8.66. The number of nitrogens with one attached hydrogen (secondary N) is 1. The van der Waals surface area contributed by atoms with Crippen LogP contribution in [0.15, 0.2) is 40.5 Å². The number of amides is 1. The van der Waals surface area contributed by atoms with E-state index in [1.807, 2.05) is 30.3 Å². The summed E-state index contributed by atoms with van der Waals surface area (Å²) in [6, 6.07) is 9.34. The van der Waals surface area contributed by atoms with Gasteiger partial charge < -0.3 is 4.74 Å². The lowest BCUT2D eigenvalue weighted by atomic mass is 10.2. The van der Waals surface area contributed by atoms with Crippen molar-refractivity contribution < 1.29 is 9.53 Å². The van der Waals surface area contributed by atoms with Crippen molar-refractivity contribution in [2.24, 2.45) is 7.05 Å². The van der Waals surface area contributed by atoms with E-state index in [0.29, 0.717) is 0 Å². The summed E-state index contributed by atoms with van der Waals surface area (Å²) in [6.45, 7) is 0.178. The second-order valence-corrected chi connectivity index (χ2v) is 4.62. The molecule has 1 heterocycles. The molecule has 0 aliphatic heterocycles. The minimum Gasteiger partial charge on any atom is -0.444 e. The number of hydrogen-bond acceptors (Lipinski definition) is 4. The van der Waals surface area contributed by atoms with Gasteiger partial charge in [-0.25, -0.2) is 4.79 Å². The zero-order valence-electron chi connectivity index (χ0n) is 9.75. The van der Waals surface area contributed by atoms with Crippen LogP contribution in [0.5, 0.6) is 0 Å². The minimum atomic E-state index is -0.630. The summed E-state index contributed by atoms with van der Waals surface area (Å²) in [5, 5.41) is 3.99. The molecule has 5 nitrogen and oxygen atoms in total. The summed E-state index contributed by atoms with van der Waals surface area (Å²) >= 11 is 1.22. The van der Waals surface area contributed by atoms with Gasteiger partial charge in [0.2, 0.25) is 0 Å². The van der Waals surface area contributed by atoms with Crippen molar-refractivity contribution in [3.8, 4) is 0 Å². The highest BCUT2D eigenvalue weighted by Crippen LogP contribution is 2.06. The third-order valence-electron chi connectivity index (χ3n) is 2.29. The van der Waals surface area contributed by atoms with E-state index < -0.39 is 6.09 Å². The van der Waals surface area contributed by atoms with Crippen LogP contribution in [0.4, 0.5) is 10.5 Å². The molecular formula is C12H12N2O3S. The molecule has 6 heteroatoms. The molecule has 0 unspecified atom stereocenters. The number of aromatic nitrogens is 1. The van der Waals surface area contributed by atoms with Crippen molar-refractivity contribution in [2.75, 3.05) is 5.32 Å². The van der Waals surface area contributed by atoms with Crippen LogP contribution in [-0.4, -0.2) is 10.0 Å². The number of benzene rings is 1. The predicted molar refractivity (Wildman–Crippen MR) is 69.8 cm³/mol. The first kappa shape index (κ1) is 12.4. The molecule has 1 aromatic carbocycles. The van der Waals surface area contributed by atoms with Gasteiger partial charge in [0.1, 0.15) is 12.3 Å². The third-order valence-corrected chi connectivity index (χ3v) is 3.12. The lowest BCUT2D eigenvalue weighted by molar-refractivity contribution is 0.155. The molecule has 0 spiro atoms. The van der Waals surface area contributed by atoms with E-state index in [1.165, 1.54) is 15.5 Å². The Bertz CT molecular complexity index is 589. The molecule has 0 saturated carbocycles. The number of rotatable bonds is 3. The lowest BCUT2D eigenvalue weighted by Crippen LogP contribution is -2.20. The second-order valence-electron chi connectivity index (χ2n) is 3.63. The maximum atomic E-state index is 11.5. The van der Waals surface area contributed by atoms with E-state index in [1.54, 1.807) is 12.4 Å². The molecule has 1 amide bonds. The van der Waals surface area contributed by atoms with E-state index in [9.17, 15) is 9.59 Å². The maximum absolute atomic E-state index is 11.5. The van der Waals surface area contributed by atoms with Gasteiger partial charge in [0.05, 0.1) is 0 Å². The van der Waals surface area contributed by atoms with E-state index in [0.717, 1.165) is 5.56 Å². The lowest BCUT2D eigenvalue weighted by Gasteiger charge is -2.04. The molecule has 1 N–H and O–H groups in total. The first-order valence-corrected chi connectivity index (χ1v) is 6.13. The van der Waals surface area contributed by atoms with Crippen LogP contribution in [0.25, 0.3) is 0 Å². The molecule has 1 aromatic heterocycles. The van der Waals surface area contributed by atoms with Crippen LogP contribution < -0.4 is 10.9 Å². The van der Waals surface area contributed by atoms with E-state index in [2.05, 4.69) is 5.32 Å². The summed E-state index contributed by atoms with van der Waals surface area (Å²) in [5.41, 5.74) is 0.892. The Morgan fingerprint density at radius 1 is 1.39 bits per heavy atom. The number of carbonyl (C=O) groups is 1. The average Bonchev–Trinajstić information content (AvgIpc) is 2.70. The third kappa shape index (κ3) is 2.98. The van der Waals surface area contributed by atoms with E-state index in [-0.39, 0.29) is 17.9 Å². The highest BCUT2D eigenvalue weighted by molar-refractivity contribution is 7.04. The van der Waals surface area contributed by atoms with Gasteiger partial charge >= 0.3 is 6.09 Å². The molecule has 0 atom stereocenters. The quantitative estimate of drug-likeness (QED) is 0.924. The zero-order chi connectivity index (χ0) is 13.0. The molecule has 94 valence electrons. The van der Waals surface area contributed by atoms with Crippen LogP contribution in [0.1, 0.15) is 5.56 Å². The SMILES string of the molecule is Cn1scc(NC(=O)OCc2ccccc2)c1=O. The highest BCUT2D eigenvalue weighted by Gasteiger charge is 2.09. The normalized spacial score (nSPS) is 10.1. The summed E-state index contributed by atoms with van der Waals surface area (Å²) in [4.78, 5) is 23.0. The van der Waals surface area contributed by atoms with Crippen molar-refractivity contribution in [1.29, 1.82) is 0 Å². The van der Waals surface area contributed by atoms with Crippen LogP contribution in [0.2, 0.25) is 0 Å². The molecule has 2 rings (SSSR count). The zero-order valence-corrected chi connectivity index (χ0v) is 10.6. The van der Waals surface area contributed by atoms with Gasteiger partial charge in [-0.1, -0.05) is 41.9 Å². The Balaban J connectivity index is 1.90. The van der Waals surface area contributed by atoms with Gasteiger partial charge in [0, 0.05) is 12.4 Å². The smallest absolute Gasteiger partial charge is 0.412 e. The molecule has 0 aliphatic carbocycles. The number of ether oxygens (including phenoxy) is 1. The van der Waals surface area contributed by atoms with Crippen molar-refractivity contribution in [3.05, 3.63) is 51.6 Å². The maximum Gasteiger partial charge on any atom is 0.412 e. The first-order valence-electron chi connectivity index (χ1n) is 5.29. The van der Waals surface area contributed by atoms with Gasteiger partial charge in [0.25, 0.3) is 5.56 Å². The van der Waals surface area contributed by atoms with Gasteiger partial charge in [0.15, 0.2) is 0 Å². The average molecular weight is 264 g/mol. The number of hydrogen-bond donors (Lipinski definition) is 1. The fourth-order valence-corrected chi connectivity index (χ4v) is 1.97. The van der Waals surface area contributed by atoms with Gasteiger partial charge in [-0.2, -0.15) is 0 Å². The van der Waals surface area contributed by atoms with E-state index >= 15 is 0 Å². The van der Waals surface area contributed by atoms with Crippen molar-refractivity contribution in [3.63, 3.8) is 0 Å². The molecule has 2 aromatic rings. The molecule has 0 bridgehead atoms.